The molecule has 0 amide bonds. The van der Waals surface area contributed by atoms with Gasteiger partial charge in [-0.05, 0) is 24.3 Å². The fourth-order valence-corrected chi connectivity index (χ4v) is 3.02. The number of ether oxygens (including phenoxy) is 1. The molecule has 134 valence electrons. The van der Waals surface area contributed by atoms with Crippen LogP contribution in [-0.4, -0.2) is 16.2 Å². The van der Waals surface area contributed by atoms with Gasteiger partial charge in [0.2, 0.25) is 5.43 Å². The zero-order valence-corrected chi connectivity index (χ0v) is 14.9. The van der Waals surface area contributed by atoms with E-state index in [1.165, 1.54) is 0 Å². The molecule has 0 bridgehead atoms. The summed E-state index contributed by atoms with van der Waals surface area (Å²) in [5.74, 6) is 6.53. The fourth-order valence-electron chi connectivity index (χ4n) is 3.02. The number of rotatable bonds is 4. The maximum Gasteiger partial charge on any atom is 0.200 e. The summed E-state index contributed by atoms with van der Waals surface area (Å²) in [5, 5.41) is 1.06. The molecule has 5 heteroatoms. The molecule has 2 aromatic heterocycles. The number of benzene rings is 2. The largest absolute Gasteiger partial charge is 0.481 e. The summed E-state index contributed by atoms with van der Waals surface area (Å²) < 4.78 is 13.8. The summed E-state index contributed by atoms with van der Waals surface area (Å²) in [4.78, 5) is 17.1. The Morgan fingerprint density at radius 2 is 2.07 bits per heavy atom. The zero-order valence-electron chi connectivity index (χ0n) is 14.9. The van der Waals surface area contributed by atoms with Gasteiger partial charge in [-0.3, -0.25) is 4.79 Å². The molecular weight excluding hydrogens is 340 g/mol. The predicted octanol–water partition coefficient (Wildman–Crippen LogP) is 3.98. The van der Waals surface area contributed by atoms with Crippen molar-refractivity contribution in [2.75, 3.05) is 6.61 Å². The van der Waals surface area contributed by atoms with Crippen molar-refractivity contribution in [2.45, 2.75) is 19.9 Å². The maximum absolute atomic E-state index is 13.0. The van der Waals surface area contributed by atoms with Crippen molar-refractivity contribution in [1.29, 1.82) is 0 Å². The minimum Gasteiger partial charge on any atom is -0.481 e. The SMILES string of the molecule is CCC#CCOc1cc(Cn2ccnc2)c2oc3ccccc3c(=O)c2c1. The Balaban J connectivity index is 1.89. The van der Waals surface area contributed by atoms with Crippen LogP contribution >= 0.6 is 0 Å². The number of nitrogens with zero attached hydrogens (tertiary/aromatic N) is 2. The predicted molar refractivity (Wildman–Crippen MR) is 105 cm³/mol. The van der Waals surface area contributed by atoms with Gasteiger partial charge in [0, 0.05) is 24.4 Å². The van der Waals surface area contributed by atoms with Crippen molar-refractivity contribution >= 4 is 21.9 Å². The molecule has 0 unspecified atom stereocenters. The number of imidazole rings is 1. The first-order valence-corrected chi connectivity index (χ1v) is 8.79. The Bertz CT molecular complexity index is 1210. The minimum absolute atomic E-state index is 0.0659. The lowest BCUT2D eigenvalue weighted by Crippen LogP contribution is -2.06. The molecule has 0 N–H and O–H groups in total. The number of aromatic nitrogens is 2. The van der Waals surface area contributed by atoms with Crippen LogP contribution in [0.15, 0.2) is 64.3 Å². The van der Waals surface area contributed by atoms with E-state index in [2.05, 4.69) is 16.8 Å². The van der Waals surface area contributed by atoms with Crippen molar-refractivity contribution in [1.82, 2.24) is 9.55 Å². The molecule has 5 nitrogen and oxygen atoms in total. The smallest absolute Gasteiger partial charge is 0.200 e. The van der Waals surface area contributed by atoms with Gasteiger partial charge in [-0.2, -0.15) is 0 Å². The molecule has 4 rings (SSSR count). The van der Waals surface area contributed by atoms with E-state index in [9.17, 15) is 4.79 Å². The van der Waals surface area contributed by atoms with E-state index in [0.717, 1.165) is 12.0 Å². The molecule has 0 atom stereocenters. The molecule has 0 aliphatic carbocycles. The quantitative estimate of drug-likeness (QED) is 0.409. The lowest BCUT2D eigenvalue weighted by molar-refractivity contribution is 0.370. The molecule has 4 aromatic rings. The second-order valence-corrected chi connectivity index (χ2v) is 6.12. The van der Waals surface area contributed by atoms with E-state index in [0.29, 0.717) is 34.2 Å². The molecule has 0 fully saturated rings. The van der Waals surface area contributed by atoms with Crippen LogP contribution in [0.5, 0.6) is 5.75 Å². The third-order valence-electron chi connectivity index (χ3n) is 4.25. The zero-order chi connectivity index (χ0) is 18.6. The van der Waals surface area contributed by atoms with Crippen LogP contribution in [0, 0.1) is 11.8 Å². The third-order valence-corrected chi connectivity index (χ3v) is 4.25. The number of para-hydroxylation sites is 1. The first kappa shape index (κ1) is 16.9. The van der Waals surface area contributed by atoms with E-state index >= 15 is 0 Å². The summed E-state index contributed by atoms with van der Waals surface area (Å²) in [5.41, 5.74) is 1.93. The molecule has 27 heavy (non-hydrogen) atoms. The van der Waals surface area contributed by atoms with Crippen molar-refractivity contribution in [3.05, 3.63) is 70.9 Å². The van der Waals surface area contributed by atoms with Gasteiger partial charge in [0.25, 0.3) is 0 Å². The van der Waals surface area contributed by atoms with E-state index in [4.69, 9.17) is 9.15 Å². The lowest BCUT2D eigenvalue weighted by Gasteiger charge is -2.11. The molecule has 0 aliphatic heterocycles. The molecule has 0 spiro atoms. The number of hydrogen-bond donors (Lipinski definition) is 0. The van der Waals surface area contributed by atoms with Gasteiger partial charge in [0.1, 0.15) is 23.5 Å². The molecule has 2 heterocycles. The van der Waals surface area contributed by atoms with Crippen molar-refractivity contribution in [3.63, 3.8) is 0 Å². The van der Waals surface area contributed by atoms with Gasteiger partial charge in [0.15, 0.2) is 0 Å². The van der Waals surface area contributed by atoms with Crippen LogP contribution in [0.25, 0.3) is 21.9 Å². The summed E-state index contributed by atoms with van der Waals surface area (Å²) >= 11 is 0. The average Bonchev–Trinajstić information content (AvgIpc) is 3.19. The molecule has 0 aliphatic rings. The number of fused-ring (bicyclic) bond motifs is 2. The Labute approximate surface area is 156 Å². The standard InChI is InChI=1S/C22H18N2O3/c1-2-3-6-11-26-17-12-16(14-24-10-9-23-15-24)22-19(13-17)21(25)18-7-4-5-8-20(18)27-22/h4-5,7-10,12-13,15H,2,11,14H2,1H3. The van der Waals surface area contributed by atoms with Gasteiger partial charge in [-0.25, -0.2) is 4.98 Å². The third kappa shape index (κ3) is 3.42. The van der Waals surface area contributed by atoms with Crippen LogP contribution in [0.4, 0.5) is 0 Å². The van der Waals surface area contributed by atoms with Gasteiger partial charge in [0.05, 0.1) is 23.6 Å². The summed E-state index contributed by atoms with van der Waals surface area (Å²) in [6.45, 7) is 2.79. The van der Waals surface area contributed by atoms with Crippen molar-refractivity contribution in [3.8, 4) is 17.6 Å². The second-order valence-electron chi connectivity index (χ2n) is 6.12. The van der Waals surface area contributed by atoms with Gasteiger partial charge in [-0.1, -0.05) is 25.0 Å². The summed E-state index contributed by atoms with van der Waals surface area (Å²) in [7, 11) is 0. The van der Waals surface area contributed by atoms with Crippen LogP contribution in [0.1, 0.15) is 18.9 Å². The van der Waals surface area contributed by atoms with Crippen LogP contribution < -0.4 is 10.2 Å². The molecule has 2 aromatic carbocycles. The fraction of sp³-hybridized carbons (Fsp3) is 0.182. The Morgan fingerprint density at radius 1 is 1.19 bits per heavy atom. The monoisotopic (exact) mass is 358 g/mol. The highest BCUT2D eigenvalue weighted by Crippen LogP contribution is 2.27. The summed E-state index contributed by atoms with van der Waals surface area (Å²) in [6.07, 6.45) is 6.09. The van der Waals surface area contributed by atoms with Crippen molar-refractivity contribution in [2.24, 2.45) is 0 Å². The van der Waals surface area contributed by atoms with E-state index in [1.54, 1.807) is 24.7 Å². The van der Waals surface area contributed by atoms with Crippen LogP contribution in [0.2, 0.25) is 0 Å². The Kier molecular flexibility index (Phi) is 4.63. The highest BCUT2D eigenvalue weighted by molar-refractivity contribution is 5.91. The molecular formula is C22H18N2O3. The highest BCUT2D eigenvalue weighted by atomic mass is 16.5. The van der Waals surface area contributed by atoms with E-state index < -0.39 is 0 Å². The molecule has 0 radical (unpaired) electrons. The van der Waals surface area contributed by atoms with Crippen LogP contribution in [-0.2, 0) is 6.54 Å². The lowest BCUT2D eigenvalue weighted by atomic mass is 10.1. The Hall–Kier alpha value is -3.52. The molecule has 0 saturated heterocycles. The highest BCUT2D eigenvalue weighted by Gasteiger charge is 2.14. The van der Waals surface area contributed by atoms with E-state index in [1.807, 2.05) is 42.0 Å². The minimum atomic E-state index is -0.0659. The second kappa shape index (κ2) is 7.38. The average molecular weight is 358 g/mol. The van der Waals surface area contributed by atoms with Gasteiger partial charge in [-0.15, -0.1) is 5.92 Å². The first-order chi connectivity index (χ1) is 13.3. The number of hydrogen-bond acceptors (Lipinski definition) is 4. The van der Waals surface area contributed by atoms with Gasteiger partial charge < -0.3 is 13.7 Å². The maximum atomic E-state index is 13.0. The topological polar surface area (TPSA) is 57.3 Å². The van der Waals surface area contributed by atoms with E-state index in [-0.39, 0.29) is 12.0 Å². The first-order valence-electron chi connectivity index (χ1n) is 8.79. The molecule has 0 saturated carbocycles. The van der Waals surface area contributed by atoms with Crippen LogP contribution in [0.3, 0.4) is 0 Å². The Morgan fingerprint density at radius 3 is 2.89 bits per heavy atom. The van der Waals surface area contributed by atoms with Gasteiger partial charge >= 0.3 is 0 Å². The van der Waals surface area contributed by atoms with Crippen molar-refractivity contribution < 1.29 is 9.15 Å². The summed E-state index contributed by atoms with van der Waals surface area (Å²) in [6, 6.07) is 10.9. The normalized spacial score (nSPS) is 10.7.